The number of pyridine rings is 1. The van der Waals surface area contributed by atoms with Crippen LogP contribution in [0.4, 0.5) is 0 Å². The second-order valence-electron chi connectivity index (χ2n) is 4.53. The zero-order chi connectivity index (χ0) is 15.0. The molecular formula is C16H9Cl2NO2. The smallest absolute Gasteiger partial charge is 0.335 e. The number of hydrogen-bond acceptors (Lipinski definition) is 2. The lowest BCUT2D eigenvalue weighted by molar-refractivity contribution is 0.0697. The zero-order valence-corrected chi connectivity index (χ0v) is 12.2. The molecule has 0 aliphatic rings. The van der Waals surface area contributed by atoms with Gasteiger partial charge in [0.1, 0.15) is 0 Å². The molecule has 0 fully saturated rings. The van der Waals surface area contributed by atoms with E-state index in [2.05, 4.69) is 4.98 Å². The van der Waals surface area contributed by atoms with Gasteiger partial charge in [-0.15, -0.1) is 0 Å². The van der Waals surface area contributed by atoms with Gasteiger partial charge in [-0.1, -0.05) is 35.3 Å². The molecule has 1 N–H and O–H groups in total. The quantitative estimate of drug-likeness (QED) is 0.730. The summed E-state index contributed by atoms with van der Waals surface area (Å²) in [6, 6.07) is 13.7. The Balaban J connectivity index is 2.17. The predicted octanol–water partition coefficient (Wildman–Crippen LogP) is 4.91. The summed E-state index contributed by atoms with van der Waals surface area (Å²) >= 11 is 12.1. The molecule has 3 nitrogen and oxygen atoms in total. The minimum Gasteiger partial charge on any atom is -0.478 e. The van der Waals surface area contributed by atoms with Crippen LogP contribution in [0.5, 0.6) is 0 Å². The van der Waals surface area contributed by atoms with E-state index in [1.807, 2.05) is 12.1 Å². The molecule has 1 heterocycles. The second-order valence-corrected chi connectivity index (χ2v) is 5.38. The standard InChI is InChI=1S/C16H9Cl2NO2/c17-11-4-5-12(13(18)8-11)14-6-3-9-1-2-10(16(20)21)7-15(9)19-14/h1-8H,(H,20,21). The Hall–Kier alpha value is -2.10. The molecule has 0 spiro atoms. The monoisotopic (exact) mass is 317 g/mol. The fourth-order valence-electron chi connectivity index (χ4n) is 2.10. The number of carboxylic acids is 1. The topological polar surface area (TPSA) is 50.2 Å². The SMILES string of the molecule is O=C(O)c1ccc2ccc(-c3ccc(Cl)cc3Cl)nc2c1. The van der Waals surface area contributed by atoms with Gasteiger partial charge in [-0.3, -0.25) is 0 Å². The van der Waals surface area contributed by atoms with Gasteiger partial charge in [0.15, 0.2) is 0 Å². The van der Waals surface area contributed by atoms with Gasteiger partial charge in [0.25, 0.3) is 0 Å². The highest BCUT2D eigenvalue weighted by atomic mass is 35.5. The maximum atomic E-state index is 11.0. The third-order valence-electron chi connectivity index (χ3n) is 3.15. The molecule has 0 atom stereocenters. The number of hydrogen-bond donors (Lipinski definition) is 1. The average molecular weight is 318 g/mol. The molecule has 2 aromatic carbocycles. The van der Waals surface area contributed by atoms with Gasteiger partial charge in [0.2, 0.25) is 0 Å². The number of benzene rings is 2. The Kier molecular flexibility index (Phi) is 3.53. The van der Waals surface area contributed by atoms with Crippen LogP contribution in [0.25, 0.3) is 22.2 Å². The van der Waals surface area contributed by atoms with E-state index in [0.29, 0.717) is 21.3 Å². The molecule has 3 rings (SSSR count). The molecule has 0 saturated heterocycles. The van der Waals surface area contributed by atoms with E-state index >= 15 is 0 Å². The predicted molar refractivity (Wildman–Crippen MR) is 84.2 cm³/mol. The molecule has 0 aliphatic heterocycles. The van der Waals surface area contributed by atoms with Gasteiger partial charge < -0.3 is 5.11 Å². The summed E-state index contributed by atoms with van der Waals surface area (Å²) in [5.74, 6) is -0.978. The maximum Gasteiger partial charge on any atom is 0.335 e. The fourth-order valence-corrected chi connectivity index (χ4v) is 2.60. The van der Waals surface area contributed by atoms with Crippen molar-refractivity contribution >= 4 is 40.1 Å². The van der Waals surface area contributed by atoms with Crippen LogP contribution in [0.3, 0.4) is 0 Å². The molecule has 1 aromatic heterocycles. The third kappa shape index (κ3) is 2.71. The van der Waals surface area contributed by atoms with E-state index in [0.717, 1.165) is 10.9 Å². The number of halogens is 2. The Morgan fingerprint density at radius 2 is 1.76 bits per heavy atom. The molecule has 21 heavy (non-hydrogen) atoms. The van der Waals surface area contributed by atoms with E-state index in [9.17, 15) is 4.79 Å². The third-order valence-corrected chi connectivity index (χ3v) is 3.69. The Morgan fingerprint density at radius 3 is 2.48 bits per heavy atom. The van der Waals surface area contributed by atoms with Gasteiger partial charge in [-0.25, -0.2) is 9.78 Å². The van der Waals surface area contributed by atoms with E-state index in [-0.39, 0.29) is 5.56 Å². The van der Waals surface area contributed by atoms with Crippen molar-refractivity contribution < 1.29 is 9.90 Å². The van der Waals surface area contributed by atoms with Crippen LogP contribution >= 0.6 is 23.2 Å². The van der Waals surface area contributed by atoms with E-state index in [4.69, 9.17) is 28.3 Å². The minimum absolute atomic E-state index is 0.203. The van der Waals surface area contributed by atoms with Crippen LogP contribution in [0.1, 0.15) is 10.4 Å². The van der Waals surface area contributed by atoms with Crippen molar-refractivity contribution in [1.82, 2.24) is 4.98 Å². The Labute approximate surface area is 130 Å². The summed E-state index contributed by atoms with van der Waals surface area (Å²) in [5.41, 5.74) is 2.24. The summed E-state index contributed by atoms with van der Waals surface area (Å²) in [5, 5.41) is 11.0. The van der Waals surface area contributed by atoms with Crippen LogP contribution in [0.2, 0.25) is 10.0 Å². The number of aromatic carboxylic acids is 1. The van der Waals surface area contributed by atoms with Crippen molar-refractivity contribution in [2.45, 2.75) is 0 Å². The largest absolute Gasteiger partial charge is 0.478 e. The first-order chi connectivity index (χ1) is 10.0. The van der Waals surface area contributed by atoms with Gasteiger partial charge in [-0.2, -0.15) is 0 Å². The molecule has 0 saturated carbocycles. The molecule has 0 unspecified atom stereocenters. The van der Waals surface area contributed by atoms with Crippen molar-refractivity contribution in [3.8, 4) is 11.3 Å². The molecule has 104 valence electrons. The van der Waals surface area contributed by atoms with Crippen molar-refractivity contribution in [1.29, 1.82) is 0 Å². The first kappa shape index (κ1) is 13.9. The molecule has 0 amide bonds. The van der Waals surface area contributed by atoms with Crippen molar-refractivity contribution in [3.05, 3.63) is 64.1 Å². The summed E-state index contributed by atoms with van der Waals surface area (Å²) < 4.78 is 0. The zero-order valence-electron chi connectivity index (χ0n) is 10.7. The van der Waals surface area contributed by atoms with Crippen molar-refractivity contribution in [3.63, 3.8) is 0 Å². The molecule has 0 radical (unpaired) electrons. The number of carboxylic acid groups (broad SMARTS) is 1. The van der Waals surface area contributed by atoms with E-state index in [1.165, 1.54) is 0 Å². The van der Waals surface area contributed by atoms with Crippen LogP contribution in [-0.2, 0) is 0 Å². The lowest BCUT2D eigenvalue weighted by Crippen LogP contribution is -1.96. The number of aromatic nitrogens is 1. The molecular weight excluding hydrogens is 309 g/mol. The number of nitrogens with zero attached hydrogens (tertiary/aromatic N) is 1. The van der Waals surface area contributed by atoms with Gasteiger partial charge in [-0.05, 0) is 36.4 Å². The highest BCUT2D eigenvalue weighted by Crippen LogP contribution is 2.30. The number of rotatable bonds is 2. The maximum absolute atomic E-state index is 11.0. The number of carbonyl (C=O) groups is 1. The summed E-state index contributed by atoms with van der Waals surface area (Å²) in [4.78, 5) is 15.5. The summed E-state index contributed by atoms with van der Waals surface area (Å²) in [7, 11) is 0. The molecule has 5 heteroatoms. The van der Waals surface area contributed by atoms with Crippen LogP contribution in [0, 0.1) is 0 Å². The molecule has 3 aromatic rings. The second kappa shape index (κ2) is 5.35. The Morgan fingerprint density at radius 1 is 1.00 bits per heavy atom. The van der Waals surface area contributed by atoms with Crippen molar-refractivity contribution in [2.24, 2.45) is 0 Å². The first-order valence-corrected chi connectivity index (χ1v) is 6.90. The first-order valence-electron chi connectivity index (χ1n) is 6.14. The summed E-state index contributed by atoms with van der Waals surface area (Å²) in [6.07, 6.45) is 0. The van der Waals surface area contributed by atoms with Crippen molar-refractivity contribution in [2.75, 3.05) is 0 Å². The highest BCUT2D eigenvalue weighted by Gasteiger charge is 2.09. The van der Waals surface area contributed by atoms with Crippen LogP contribution < -0.4 is 0 Å². The van der Waals surface area contributed by atoms with Crippen LogP contribution in [0.15, 0.2) is 48.5 Å². The number of fused-ring (bicyclic) bond motifs is 1. The average Bonchev–Trinajstić information content (AvgIpc) is 2.46. The normalized spacial score (nSPS) is 10.8. The van der Waals surface area contributed by atoms with Gasteiger partial charge in [0.05, 0.1) is 21.8 Å². The highest BCUT2D eigenvalue weighted by molar-refractivity contribution is 6.36. The lowest BCUT2D eigenvalue weighted by atomic mass is 10.1. The summed E-state index contributed by atoms with van der Waals surface area (Å²) in [6.45, 7) is 0. The Bertz CT molecular complexity index is 862. The van der Waals surface area contributed by atoms with E-state index < -0.39 is 5.97 Å². The van der Waals surface area contributed by atoms with Gasteiger partial charge >= 0.3 is 5.97 Å². The lowest BCUT2D eigenvalue weighted by Gasteiger charge is -2.06. The fraction of sp³-hybridized carbons (Fsp3) is 0. The van der Waals surface area contributed by atoms with Gasteiger partial charge in [0, 0.05) is 16.0 Å². The van der Waals surface area contributed by atoms with E-state index in [1.54, 1.807) is 36.4 Å². The molecule has 0 bridgehead atoms. The molecule has 0 aliphatic carbocycles. The minimum atomic E-state index is -0.978. The van der Waals surface area contributed by atoms with Crippen LogP contribution in [-0.4, -0.2) is 16.1 Å².